The Morgan fingerprint density at radius 2 is 1.94 bits per heavy atom. The number of hydrogen-bond donors (Lipinski definition) is 2. The second kappa shape index (κ2) is 12.5. The van der Waals surface area contributed by atoms with Gasteiger partial charge >= 0.3 is 0 Å². The molecule has 1 atom stereocenters. The average Bonchev–Trinajstić information content (AvgIpc) is 2.78. The molecule has 2 aromatic carbocycles. The zero-order chi connectivity index (χ0) is 21.3. The van der Waals surface area contributed by atoms with Crippen LogP contribution in [-0.4, -0.2) is 63.6 Å². The topological polar surface area (TPSA) is 60.0 Å². The highest BCUT2D eigenvalue weighted by molar-refractivity contribution is 14.0. The monoisotopic (exact) mass is 535 g/mol. The van der Waals surface area contributed by atoms with Gasteiger partial charge in [-0.25, -0.2) is 0 Å². The molecule has 0 bridgehead atoms. The van der Waals surface area contributed by atoms with Gasteiger partial charge in [-0.15, -0.1) is 24.0 Å². The van der Waals surface area contributed by atoms with Crippen molar-refractivity contribution in [3.05, 3.63) is 65.7 Å². The Morgan fingerprint density at radius 3 is 2.65 bits per heavy atom. The Morgan fingerprint density at radius 1 is 1.16 bits per heavy atom. The van der Waals surface area contributed by atoms with Crippen molar-refractivity contribution < 1.29 is 4.79 Å². The van der Waals surface area contributed by atoms with Gasteiger partial charge in [-0.2, -0.15) is 0 Å². The first-order chi connectivity index (χ1) is 14.6. The quantitative estimate of drug-likeness (QED) is 0.339. The zero-order valence-corrected chi connectivity index (χ0v) is 21.0. The summed E-state index contributed by atoms with van der Waals surface area (Å²) in [6.45, 7) is 2.82. The fraction of sp³-hybridized carbons (Fsp3) is 0.417. The van der Waals surface area contributed by atoms with E-state index in [4.69, 9.17) is 0 Å². The Hall–Kier alpha value is -2.29. The molecule has 1 fully saturated rings. The van der Waals surface area contributed by atoms with E-state index < -0.39 is 0 Å². The van der Waals surface area contributed by atoms with Crippen LogP contribution < -0.4 is 15.5 Å². The standard InChI is InChI=1S/C24H33N5O.HI/c1-25-24(26-15-14-19-9-7-10-20(17-19)23(30)28(2)3)27-21-11-8-16-29(18-21)22-12-5-4-6-13-22;/h4-7,9-10,12-13,17,21H,8,11,14-16,18H2,1-3H3,(H2,25,26,27);1H. The lowest BCUT2D eigenvalue weighted by Crippen LogP contribution is -2.51. The summed E-state index contributed by atoms with van der Waals surface area (Å²) < 4.78 is 0. The summed E-state index contributed by atoms with van der Waals surface area (Å²) in [5.74, 6) is 0.859. The van der Waals surface area contributed by atoms with Gasteiger partial charge in [-0.05, 0) is 49.1 Å². The number of para-hydroxylation sites is 1. The van der Waals surface area contributed by atoms with Gasteiger partial charge in [-0.3, -0.25) is 9.79 Å². The van der Waals surface area contributed by atoms with Gasteiger partial charge in [0, 0.05) is 58.1 Å². The molecule has 1 amide bonds. The first-order valence-electron chi connectivity index (χ1n) is 10.6. The number of carbonyl (C=O) groups is 1. The van der Waals surface area contributed by atoms with Crippen molar-refractivity contribution in [2.45, 2.75) is 25.3 Å². The van der Waals surface area contributed by atoms with Gasteiger partial charge in [0.2, 0.25) is 0 Å². The van der Waals surface area contributed by atoms with E-state index in [1.54, 1.807) is 19.0 Å². The number of nitrogens with zero attached hydrogens (tertiary/aromatic N) is 3. The first-order valence-corrected chi connectivity index (χ1v) is 10.6. The molecule has 1 aliphatic rings. The van der Waals surface area contributed by atoms with Gasteiger partial charge in [0.15, 0.2) is 5.96 Å². The molecule has 0 aliphatic carbocycles. The lowest BCUT2D eigenvalue weighted by Gasteiger charge is -2.35. The molecule has 0 aromatic heterocycles. The molecule has 7 heteroatoms. The minimum absolute atomic E-state index is 0. The molecule has 1 heterocycles. The van der Waals surface area contributed by atoms with Crippen LogP contribution in [0.5, 0.6) is 0 Å². The molecule has 0 spiro atoms. The number of aliphatic imine (C=N–C) groups is 1. The number of guanidine groups is 1. The fourth-order valence-corrected chi connectivity index (χ4v) is 3.80. The van der Waals surface area contributed by atoms with Crippen LogP contribution in [0.4, 0.5) is 5.69 Å². The van der Waals surface area contributed by atoms with Gasteiger partial charge in [0.25, 0.3) is 5.91 Å². The molecule has 1 unspecified atom stereocenters. The smallest absolute Gasteiger partial charge is 0.253 e. The van der Waals surface area contributed by atoms with Crippen molar-refractivity contribution in [3.63, 3.8) is 0 Å². The summed E-state index contributed by atoms with van der Waals surface area (Å²) in [6, 6.07) is 18.8. The molecule has 6 nitrogen and oxygen atoms in total. The largest absolute Gasteiger partial charge is 0.369 e. The van der Waals surface area contributed by atoms with Crippen LogP contribution in [0.1, 0.15) is 28.8 Å². The maximum absolute atomic E-state index is 12.2. The number of nitrogens with one attached hydrogen (secondary N) is 2. The normalized spacial score (nSPS) is 16.3. The minimum Gasteiger partial charge on any atom is -0.369 e. The molecular weight excluding hydrogens is 501 g/mol. The van der Waals surface area contributed by atoms with Crippen molar-refractivity contribution in [3.8, 4) is 0 Å². The van der Waals surface area contributed by atoms with E-state index in [1.807, 2.05) is 25.2 Å². The van der Waals surface area contributed by atoms with E-state index in [0.29, 0.717) is 6.04 Å². The van der Waals surface area contributed by atoms with Crippen molar-refractivity contribution in [2.24, 2.45) is 4.99 Å². The number of piperidine rings is 1. The van der Waals surface area contributed by atoms with Gasteiger partial charge in [0.05, 0.1) is 0 Å². The number of rotatable bonds is 6. The number of benzene rings is 2. The fourth-order valence-electron chi connectivity index (χ4n) is 3.80. The molecule has 3 rings (SSSR count). The van der Waals surface area contributed by atoms with Crippen molar-refractivity contribution in [1.82, 2.24) is 15.5 Å². The highest BCUT2D eigenvalue weighted by Gasteiger charge is 2.20. The van der Waals surface area contributed by atoms with Crippen LogP contribution in [0, 0.1) is 0 Å². The first kappa shape index (κ1) is 25.0. The summed E-state index contributed by atoms with van der Waals surface area (Å²) in [6.07, 6.45) is 3.13. The van der Waals surface area contributed by atoms with E-state index in [1.165, 1.54) is 5.69 Å². The SMILES string of the molecule is CN=C(NCCc1cccc(C(=O)N(C)C)c1)NC1CCCN(c2ccccc2)C1.I. The van der Waals surface area contributed by atoms with Crippen LogP contribution in [0.15, 0.2) is 59.6 Å². The summed E-state index contributed by atoms with van der Waals surface area (Å²) in [4.78, 5) is 20.6. The Balaban J connectivity index is 0.00000341. The Bertz CT molecular complexity index is 856. The number of halogens is 1. The van der Waals surface area contributed by atoms with E-state index in [0.717, 1.165) is 56.0 Å². The maximum Gasteiger partial charge on any atom is 0.253 e. The summed E-state index contributed by atoms with van der Waals surface area (Å²) in [5.41, 5.74) is 3.14. The predicted molar refractivity (Wildman–Crippen MR) is 140 cm³/mol. The van der Waals surface area contributed by atoms with E-state index in [-0.39, 0.29) is 29.9 Å². The average molecular weight is 535 g/mol. The van der Waals surface area contributed by atoms with Crippen molar-refractivity contribution >= 4 is 41.5 Å². The van der Waals surface area contributed by atoms with E-state index in [9.17, 15) is 4.79 Å². The molecule has 2 N–H and O–H groups in total. The summed E-state index contributed by atoms with van der Waals surface area (Å²) >= 11 is 0. The zero-order valence-electron chi connectivity index (χ0n) is 18.7. The highest BCUT2D eigenvalue weighted by Crippen LogP contribution is 2.19. The molecule has 168 valence electrons. The number of hydrogen-bond acceptors (Lipinski definition) is 3. The lowest BCUT2D eigenvalue weighted by molar-refractivity contribution is 0.0827. The van der Waals surface area contributed by atoms with Crippen LogP contribution in [0.2, 0.25) is 0 Å². The molecular formula is C24H34IN5O. The molecule has 0 radical (unpaired) electrons. The van der Waals surface area contributed by atoms with Gasteiger partial charge in [0.1, 0.15) is 0 Å². The Kier molecular flexibility index (Phi) is 10.1. The lowest BCUT2D eigenvalue weighted by atomic mass is 10.0. The summed E-state index contributed by atoms with van der Waals surface area (Å²) in [5, 5.41) is 6.99. The molecule has 0 saturated carbocycles. The van der Waals surface area contributed by atoms with Crippen LogP contribution in [0.25, 0.3) is 0 Å². The molecule has 1 aliphatic heterocycles. The third kappa shape index (κ3) is 7.41. The third-order valence-corrected chi connectivity index (χ3v) is 5.39. The van der Waals surface area contributed by atoms with Crippen molar-refractivity contribution in [1.29, 1.82) is 0 Å². The van der Waals surface area contributed by atoms with Gasteiger partial charge < -0.3 is 20.4 Å². The number of carbonyl (C=O) groups excluding carboxylic acids is 1. The molecule has 31 heavy (non-hydrogen) atoms. The van der Waals surface area contributed by atoms with E-state index in [2.05, 4.69) is 56.9 Å². The highest BCUT2D eigenvalue weighted by atomic mass is 127. The summed E-state index contributed by atoms with van der Waals surface area (Å²) in [7, 11) is 5.36. The van der Waals surface area contributed by atoms with E-state index >= 15 is 0 Å². The number of anilines is 1. The maximum atomic E-state index is 12.2. The Labute approximate surface area is 203 Å². The molecule has 1 saturated heterocycles. The predicted octanol–water partition coefficient (Wildman–Crippen LogP) is 3.38. The van der Waals surface area contributed by atoms with Crippen LogP contribution in [0.3, 0.4) is 0 Å². The minimum atomic E-state index is 0. The third-order valence-electron chi connectivity index (χ3n) is 5.39. The second-order valence-electron chi connectivity index (χ2n) is 7.91. The van der Waals surface area contributed by atoms with Crippen LogP contribution in [-0.2, 0) is 6.42 Å². The van der Waals surface area contributed by atoms with Crippen molar-refractivity contribution in [2.75, 3.05) is 45.7 Å². The van der Waals surface area contributed by atoms with Crippen LogP contribution >= 0.6 is 24.0 Å². The number of amides is 1. The second-order valence-corrected chi connectivity index (χ2v) is 7.91. The van der Waals surface area contributed by atoms with Gasteiger partial charge in [-0.1, -0.05) is 30.3 Å². The molecule has 2 aromatic rings.